The third kappa shape index (κ3) is 5.12. The van der Waals surface area contributed by atoms with E-state index >= 15 is 0 Å². The summed E-state index contributed by atoms with van der Waals surface area (Å²) < 4.78 is 39.1. The van der Waals surface area contributed by atoms with Crippen LogP contribution in [0.15, 0.2) is 71.6 Å². The molecule has 3 N–H and O–H groups in total. The van der Waals surface area contributed by atoms with Gasteiger partial charge in [0, 0.05) is 11.3 Å². The molecule has 10 heteroatoms. The number of fused-ring (bicyclic) bond motifs is 1. The van der Waals surface area contributed by atoms with Crippen molar-refractivity contribution in [1.82, 2.24) is 10.9 Å². The molecule has 1 heterocycles. The molecule has 3 aromatic carbocycles. The number of sulfonamides is 1. The van der Waals surface area contributed by atoms with Crippen LogP contribution in [0, 0.1) is 13.8 Å². The SMILES string of the molecule is Cc1ccc(C)c(S(=O)(=O)Nc2ccc(C(=O)NNC(=O)[C@H]3COc4ccccc4O3)cc2)c1. The summed E-state index contributed by atoms with van der Waals surface area (Å²) in [5, 5.41) is 0. The first-order valence-corrected chi connectivity index (χ1v) is 11.9. The number of anilines is 1. The van der Waals surface area contributed by atoms with Gasteiger partial charge in [0.2, 0.25) is 6.10 Å². The van der Waals surface area contributed by atoms with Crippen LogP contribution in [0.2, 0.25) is 0 Å². The summed E-state index contributed by atoms with van der Waals surface area (Å²) in [6.45, 7) is 3.55. The fourth-order valence-corrected chi connectivity index (χ4v) is 4.71. The maximum atomic E-state index is 12.7. The van der Waals surface area contributed by atoms with E-state index in [4.69, 9.17) is 9.47 Å². The third-order valence-electron chi connectivity index (χ3n) is 5.13. The Morgan fingerprint density at radius 3 is 2.35 bits per heavy atom. The Morgan fingerprint density at radius 1 is 0.912 bits per heavy atom. The molecule has 0 unspecified atom stereocenters. The zero-order chi connectivity index (χ0) is 24.3. The number of nitrogens with one attached hydrogen (secondary N) is 3. The van der Waals surface area contributed by atoms with Crippen molar-refractivity contribution in [3.8, 4) is 11.5 Å². The molecule has 34 heavy (non-hydrogen) atoms. The lowest BCUT2D eigenvalue weighted by atomic mass is 10.2. The van der Waals surface area contributed by atoms with Gasteiger partial charge in [-0.25, -0.2) is 8.42 Å². The van der Waals surface area contributed by atoms with Crippen LogP contribution in [0.4, 0.5) is 5.69 Å². The molecule has 0 fully saturated rings. The molecule has 0 saturated carbocycles. The van der Waals surface area contributed by atoms with Crippen LogP contribution in [-0.2, 0) is 14.8 Å². The molecule has 3 aromatic rings. The van der Waals surface area contributed by atoms with Gasteiger partial charge in [0.25, 0.3) is 21.8 Å². The van der Waals surface area contributed by atoms with E-state index in [0.717, 1.165) is 5.56 Å². The van der Waals surface area contributed by atoms with Crippen molar-refractivity contribution in [2.24, 2.45) is 0 Å². The van der Waals surface area contributed by atoms with E-state index in [0.29, 0.717) is 22.7 Å². The Hall–Kier alpha value is -4.05. The van der Waals surface area contributed by atoms with Crippen molar-refractivity contribution < 1.29 is 27.5 Å². The quantitative estimate of drug-likeness (QED) is 0.482. The zero-order valence-electron chi connectivity index (χ0n) is 18.5. The van der Waals surface area contributed by atoms with Crippen molar-refractivity contribution in [2.75, 3.05) is 11.3 Å². The summed E-state index contributed by atoms with van der Waals surface area (Å²) >= 11 is 0. The molecule has 0 aliphatic carbocycles. The molecule has 0 bridgehead atoms. The predicted molar refractivity (Wildman–Crippen MR) is 125 cm³/mol. The Balaban J connectivity index is 1.34. The second-order valence-corrected chi connectivity index (χ2v) is 9.41. The number of benzene rings is 3. The van der Waals surface area contributed by atoms with Gasteiger partial charge in [-0.3, -0.25) is 25.2 Å². The lowest BCUT2D eigenvalue weighted by molar-refractivity contribution is -0.131. The van der Waals surface area contributed by atoms with Gasteiger partial charge in [0.05, 0.1) is 4.90 Å². The third-order valence-corrected chi connectivity index (χ3v) is 6.66. The highest BCUT2D eigenvalue weighted by atomic mass is 32.2. The van der Waals surface area contributed by atoms with Crippen LogP contribution in [0.5, 0.6) is 11.5 Å². The summed E-state index contributed by atoms with van der Waals surface area (Å²) in [5.41, 5.74) is 6.60. The number of rotatable bonds is 5. The van der Waals surface area contributed by atoms with E-state index in [2.05, 4.69) is 15.6 Å². The number of amides is 2. The van der Waals surface area contributed by atoms with Crippen LogP contribution in [0.1, 0.15) is 21.5 Å². The van der Waals surface area contributed by atoms with Gasteiger partial charge >= 0.3 is 0 Å². The topological polar surface area (TPSA) is 123 Å². The Kier molecular flexibility index (Phi) is 6.42. The van der Waals surface area contributed by atoms with E-state index in [1.165, 1.54) is 24.3 Å². The maximum absolute atomic E-state index is 12.7. The van der Waals surface area contributed by atoms with Gasteiger partial charge in [-0.15, -0.1) is 0 Å². The van der Waals surface area contributed by atoms with Crippen LogP contribution >= 0.6 is 0 Å². The lowest BCUT2D eigenvalue weighted by Crippen LogP contribution is -2.50. The first kappa shape index (κ1) is 23.1. The fourth-order valence-electron chi connectivity index (χ4n) is 3.32. The number of carbonyl (C=O) groups excluding carboxylic acids is 2. The number of hydrazine groups is 1. The van der Waals surface area contributed by atoms with Crippen molar-refractivity contribution in [2.45, 2.75) is 24.8 Å². The molecule has 1 atom stereocenters. The molecule has 4 rings (SSSR count). The number of hydrogen-bond acceptors (Lipinski definition) is 6. The van der Waals surface area contributed by atoms with Crippen LogP contribution < -0.4 is 25.0 Å². The van der Waals surface area contributed by atoms with Crippen LogP contribution in [0.3, 0.4) is 0 Å². The largest absolute Gasteiger partial charge is 0.485 e. The van der Waals surface area contributed by atoms with E-state index in [1.54, 1.807) is 43.3 Å². The predicted octanol–water partition coefficient (Wildman–Crippen LogP) is 2.71. The van der Waals surface area contributed by atoms with Crippen LogP contribution in [-0.4, -0.2) is 32.9 Å². The average Bonchev–Trinajstić information content (AvgIpc) is 2.83. The summed E-state index contributed by atoms with van der Waals surface area (Å²) in [6, 6.07) is 18.0. The van der Waals surface area contributed by atoms with Gasteiger partial charge in [0.1, 0.15) is 6.61 Å². The molecular formula is C24H23N3O6S. The minimum Gasteiger partial charge on any atom is -0.485 e. The maximum Gasteiger partial charge on any atom is 0.283 e. The second kappa shape index (κ2) is 9.44. The molecular weight excluding hydrogens is 458 g/mol. The molecule has 0 radical (unpaired) electrons. The Labute approximate surface area is 197 Å². The second-order valence-electron chi connectivity index (χ2n) is 7.76. The summed E-state index contributed by atoms with van der Waals surface area (Å²) in [4.78, 5) is 24.9. The van der Waals surface area contributed by atoms with E-state index in [9.17, 15) is 18.0 Å². The molecule has 2 amide bonds. The number of ether oxygens (including phenoxy) is 2. The van der Waals surface area contributed by atoms with Crippen molar-refractivity contribution in [3.63, 3.8) is 0 Å². The number of aryl methyl sites for hydroxylation is 2. The Bertz CT molecular complexity index is 1340. The molecule has 0 aromatic heterocycles. The van der Waals surface area contributed by atoms with Gasteiger partial charge in [-0.05, 0) is 67.4 Å². The number of para-hydroxylation sites is 2. The van der Waals surface area contributed by atoms with Crippen LogP contribution in [0.25, 0.3) is 0 Å². The lowest BCUT2D eigenvalue weighted by Gasteiger charge is -2.25. The highest BCUT2D eigenvalue weighted by Gasteiger charge is 2.27. The molecule has 1 aliphatic heterocycles. The molecule has 176 valence electrons. The molecule has 0 saturated heterocycles. The van der Waals surface area contributed by atoms with E-state index in [-0.39, 0.29) is 17.1 Å². The highest BCUT2D eigenvalue weighted by molar-refractivity contribution is 7.92. The molecule has 0 spiro atoms. The van der Waals surface area contributed by atoms with Gasteiger partial charge in [-0.1, -0.05) is 24.3 Å². The fraction of sp³-hybridized carbons (Fsp3) is 0.167. The van der Waals surface area contributed by atoms with E-state index in [1.807, 2.05) is 13.0 Å². The molecule has 1 aliphatic rings. The van der Waals surface area contributed by atoms with Gasteiger partial charge < -0.3 is 9.47 Å². The smallest absolute Gasteiger partial charge is 0.283 e. The summed E-state index contributed by atoms with van der Waals surface area (Å²) in [7, 11) is -3.79. The zero-order valence-corrected chi connectivity index (χ0v) is 19.3. The average molecular weight is 482 g/mol. The highest BCUT2D eigenvalue weighted by Crippen LogP contribution is 2.30. The first-order valence-electron chi connectivity index (χ1n) is 10.4. The van der Waals surface area contributed by atoms with Gasteiger partial charge in [-0.2, -0.15) is 0 Å². The van der Waals surface area contributed by atoms with Crippen molar-refractivity contribution in [1.29, 1.82) is 0 Å². The summed E-state index contributed by atoms with van der Waals surface area (Å²) in [6.07, 6.45) is -0.919. The standard InChI is InChI=1S/C24H23N3O6S/c1-15-7-8-16(2)22(13-15)34(30,31)27-18-11-9-17(10-12-18)23(28)25-26-24(29)21-14-32-19-5-3-4-6-20(19)33-21/h3-13,21,27H,14H2,1-2H3,(H,25,28)(H,26,29)/t21-/m1/s1. The number of hydrogen-bond donors (Lipinski definition) is 3. The monoisotopic (exact) mass is 481 g/mol. The Morgan fingerprint density at radius 2 is 1.62 bits per heavy atom. The minimum atomic E-state index is -3.79. The van der Waals surface area contributed by atoms with Gasteiger partial charge in [0.15, 0.2) is 11.5 Å². The van der Waals surface area contributed by atoms with Crippen molar-refractivity contribution in [3.05, 3.63) is 83.4 Å². The number of carbonyl (C=O) groups is 2. The summed E-state index contributed by atoms with van der Waals surface area (Å²) in [5.74, 6) is -0.154. The van der Waals surface area contributed by atoms with Crippen molar-refractivity contribution >= 4 is 27.5 Å². The first-order chi connectivity index (χ1) is 16.2. The molecule has 9 nitrogen and oxygen atoms in total. The normalized spacial score (nSPS) is 14.7. The minimum absolute atomic E-state index is 0.00791. The van der Waals surface area contributed by atoms with E-state index < -0.39 is 27.9 Å².